The number of carbonyl (C=O) groups excluding carboxylic acids is 1. The van der Waals surface area contributed by atoms with E-state index in [1.165, 1.54) is 0 Å². The molecule has 1 aliphatic heterocycles. The summed E-state index contributed by atoms with van der Waals surface area (Å²) in [6, 6.07) is 20.0. The van der Waals surface area contributed by atoms with Gasteiger partial charge in [-0.15, -0.1) is 0 Å². The van der Waals surface area contributed by atoms with E-state index in [0.717, 1.165) is 16.7 Å². The molecule has 0 radical (unpaired) electrons. The lowest BCUT2D eigenvalue weighted by molar-refractivity contribution is -0.136. The summed E-state index contributed by atoms with van der Waals surface area (Å²) in [7, 11) is 1.55. The van der Waals surface area contributed by atoms with Gasteiger partial charge >= 0.3 is 5.97 Å². The average molecular weight is 454 g/mol. The van der Waals surface area contributed by atoms with Gasteiger partial charge in [-0.3, -0.25) is 0 Å². The molecule has 0 unspecified atom stereocenters. The first kappa shape index (κ1) is 21.0. The van der Waals surface area contributed by atoms with Crippen LogP contribution in [0.3, 0.4) is 0 Å². The van der Waals surface area contributed by atoms with Crippen molar-refractivity contribution in [1.29, 1.82) is 0 Å². The van der Waals surface area contributed by atoms with Crippen LogP contribution in [0.25, 0.3) is 6.08 Å². The molecular formula is C24H17Cl2NO4. The lowest BCUT2D eigenvalue weighted by atomic mass is 10.0. The molecule has 156 valence electrons. The van der Waals surface area contributed by atoms with Crippen LogP contribution in [0, 0.1) is 0 Å². The maximum atomic E-state index is 12.2. The fourth-order valence-corrected chi connectivity index (χ4v) is 3.53. The van der Waals surface area contributed by atoms with Crippen molar-refractivity contribution in [2.24, 2.45) is 5.16 Å². The SMILES string of the molecule is COc1cc(C=C2C(=O)ON=C2c2ccccc2)ccc1OCc1ccc(Cl)cc1Cl. The van der Waals surface area contributed by atoms with E-state index < -0.39 is 5.97 Å². The van der Waals surface area contributed by atoms with E-state index >= 15 is 0 Å². The Kier molecular flexibility index (Phi) is 6.26. The van der Waals surface area contributed by atoms with Gasteiger partial charge in [-0.25, -0.2) is 4.79 Å². The zero-order valence-corrected chi connectivity index (χ0v) is 18.0. The minimum absolute atomic E-state index is 0.254. The van der Waals surface area contributed by atoms with Gasteiger partial charge in [0.05, 0.1) is 12.7 Å². The van der Waals surface area contributed by atoms with Gasteiger partial charge < -0.3 is 14.3 Å². The summed E-state index contributed by atoms with van der Waals surface area (Å²) in [5, 5.41) is 5.01. The van der Waals surface area contributed by atoms with Gasteiger partial charge in [-0.05, 0) is 35.9 Å². The van der Waals surface area contributed by atoms with E-state index in [1.807, 2.05) is 42.5 Å². The van der Waals surface area contributed by atoms with Crippen molar-refractivity contribution in [1.82, 2.24) is 0 Å². The van der Waals surface area contributed by atoms with Crippen LogP contribution in [0.15, 0.2) is 77.5 Å². The van der Waals surface area contributed by atoms with E-state index in [1.54, 1.807) is 37.5 Å². The van der Waals surface area contributed by atoms with E-state index in [9.17, 15) is 4.79 Å². The molecule has 0 saturated heterocycles. The molecule has 0 N–H and O–H groups in total. The predicted octanol–water partition coefficient (Wildman–Crippen LogP) is 5.93. The smallest absolute Gasteiger partial charge is 0.368 e. The summed E-state index contributed by atoms with van der Waals surface area (Å²) in [5.74, 6) is 0.557. The molecule has 1 aliphatic rings. The Morgan fingerprint density at radius 3 is 2.55 bits per heavy atom. The first-order valence-corrected chi connectivity index (χ1v) is 10.1. The fraction of sp³-hybridized carbons (Fsp3) is 0.0833. The number of methoxy groups -OCH3 is 1. The highest BCUT2D eigenvalue weighted by Gasteiger charge is 2.26. The summed E-state index contributed by atoms with van der Waals surface area (Å²) >= 11 is 12.1. The predicted molar refractivity (Wildman–Crippen MR) is 121 cm³/mol. The number of halogens is 2. The van der Waals surface area contributed by atoms with Gasteiger partial charge in [0.2, 0.25) is 0 Å². The van der Waals surface area contributed by atoms with Gasteiger partial charge in [-0.1, -0.05) is 70.8 Å². The number of hydrogen-bond acceptors (Lipinski definition) is 5. The molecule has 0 aromatic heterocycles. The summed E-state index contributed by atoms with van der Waals surface area (Å²) in [5.41, 5.74) is 3.20. The Morgan fingerprint density at radius 1 is 1.00 bits per heavy atom. The van der Waals surface area contributed by atoms with E-state index in [4.69, 9.17) is 37.5 Å². The minimum atomic E-state index is -0.504. The molecule has 0 bridgehead atoms. The highest BCUT2D eigenvalue weighted by atomic mass is 35.5. The number of nitrogens with zero attached hydrogens (tertiary/aromatic N) is 1. The summed E-state index contributed by atoms with van der Waals surface area (Å²) < 4.78 is 11.4. The minimum Gasteiger partial charge on any atom is -0.493 e. The van der Waals surface area contributed by atoms with E-state index in [-0.39, 0.29) is 6.61 Å². The second-order valence-electron chi connectivity index (χ2n) is 6.68. The summed E-state index contributed by atoms with van der Waals surface area (Å²) in [6.45, 7) is 0.254. The Labute approximate surface area is 189 Å². The third-order valence-electron chi connectivity index (χ3n) is 4.64. The third-order valence-corrected chi connectivity index (χ3v) is 5.23. The molecule has 0 atom stereocenters. The molecule has 0 spiro atoms. The van der Waals surface area contributed by atoms with Crippen LogP contribution >= 0.6 is 23.2 Å². The number of rotatable bonds is 6. The van der Waals surface area contributed by atoms with Crippen molar-refractivity contribution >= 4 is 41.0 Å². The molecule has 4 rings (SSSR count). The Bertz CT molecular complexity index is 1190. The van der Waals surface area contributed by atoms with Crippen LogP contribution in [0.4, 0.5) is 0 Å². The van der Waals surface area contributed by atoms with E-state index in [2.05, 4.69) is 5.16 Å². The van der Waals surface area contributed by atoms with Crippen LogP contribution in [-0.4, -0.2) is 18.8 Å². The van der Waals surface area contributed by atoms with Crippen molar-refractivity contribution < 1.29 is 19.1 Å². The molecule has 3 aromatic rings. The normalized spacial score (nSPS) is 14.4. The van der Waals surface area contributed by atoms with Crippen molar-refractivity contribution in [2.45, 2.75) is 6.61 Å². The first-order chi connectivity index (χ1) is 15.0. The number of benzene rings is 3. The highest BCUT2D eigenvalue weighted by molar-refractivity contribution is 6.35. The zero-order chi connectivity index (χ0) is 21.8. The number of carbonyl (C=O) groups is 1. The van der Waals surface area contributed by atoms with Crippen molar-refractivity contribution in [2.75, 3.05) is 7.11 Å². The lowest BCUT2D eigenvalue weighted by Gasteiger charge is -2.12. The summed E-state index contributed by atoms with van der Waals surface area (Å²) in [4.78, 5) is 17.1. The zero-order valence-electron chi connectivity index (χ0n) is 16.5. The topological polar surface area (TPSA) is 57.1 Å². The quantitative estimate of drug-likeness (QED) is 0.343. The summed E-state index contributed by atoms with van der Waals surface area (Å²) in [6.07, 6.45) is 1.71. The van der Waals surface area contributed by atoms with Crippen LogP contribution in [-0.2, 0) is 16.2 Å². The molecule has 1 heterocycles. The molecule has 0 aliphatic carbocycles. The number of ether oxygens (including phenoxy) is 2. The monoisotopic (exact) mass is 453 g/mol. The van der Waals surface area contributed by atoms with Gasteiger partial charge in [0.25, 0.3) is 0 Å². The molecule has 0 amide bonds. The third kappa shape index (κ3) is 4.74. The molecule has 3 aromatic carbocycles. The van der Waals surface area contributed by atoms with Gasteiger partial charge in [-0.2, -0.15) is 0 Å². The Morgan fingerprint density at radius 2 is 1.81 bits per heavy atom. The van der Waals surface area contributed by atoms with Crippen LogP contribution in [0.5, 0.6) is 11.5 Å². The molecule has 31 heavy (non-hydrogen) atoms. The van der Waals surface area contributed by atoms with Gasteiger partial charge in [0.1, 0.15) is 12.3 Å². The van der Waals surface area contributed by atoms with E-state index in [0.29, 0.717) is 32.8 Å². The maximum Gasteiger partial charge on any atom is 0.368 e. The average Bonchev–Trinajstić information content (AvgIpc) is 3.14. The van der Waals surface area contributed by atoms with Gasteiger partial charge in [0, 0.05) is 21.2 Å². The first-order valence-electron chi connectivity index (χ1n) is 9.37. The molecule has 0 fully saturated rings. The van der Waals surface area contributed by atoms with Crippen LogP contribution < -0.4 is 9.47 Å². The maximum absolute atomic E-state index is 12.2. The molecule has 5 nitrogen and oxygen atoms in total. The van der Waals surface area contributed by atoms with Crippen LogP contribution in [0.2, 0.25) is 10.0 Å². The lowest BCUT2D eigenvalue weighted by Crippen LogP contribution is -2.06. The standard InChI is InChI=1S/C24H17Cl2NO4/c1-29-22-12-15(7-10-21(22)30-14-17-8-9-18(25)13-20(17)26)11-19-23(27-31-24(19)28)16-5-3-2-4-6-16/h2-13H,14H2,1H3. The van der Waals surface area contributed by atoms with Crippen molar-refractivity contribution in [3.05, 3.63) is 99.0 Å². The van der Waals surface area contributed by atoms with Crippen molar-refractivity contribution in [3.63, 3.8) is 0 Å². The van der Waals surface area contributed by atoms with Gasteiger partial charge in [0.15, 0.2) is 11.5 Å². The fourth-order valence-electron chi connectivity index (χ4n) is 3.07. The second-order valence-corrected chi connectivity index (χ2v) is 7.52. The molecule has 7 heteroatoms. The Hall–Kier alpha value is -3.28. The number of oxime groups is 1. The second kappa shape index (κ2) is 9.25. The molecule has 0 saturated carbocycles. The van der Waals surface area contributed by atoms with Crippen molar-refractivity contribution in [3.8, 4) is 11.5 Å². The highest BCUT2D eigenvalue weighted by Crippen LogP contribution is 2.31. The number of hydrogen-bond donors (Lipinski definition) is 0. The molecular weight excluding hydrogens is 437 g/mol. The Balaban J connectivity index is 1.57. The largest absolute Gasteiger partial charge is 0.493 e. The van der Waals surface area contributed by atoms with Crippen LogP contribution in [0.1, 0.15) is 16.7 Å².